The van der Waals surface area contributed by atoms with E-state index in [4.69, 9.17) is 4.74 Å². The average molecular weight is 524 g/mol. The molecule has 3 amide bonds. The van der Waals surface area contributed by atoms with Crippen LogP contribution in [0.25, 0.3) is 0 Å². The Morgan fingerprint density at radius 1 is 0.947 bits per heavy atom. The standard InChI is InChI=1S/C31H45N3O4/c1-20(2)17-26(33-30(37)38-31(7,8)9)29(36)34(21(3)4)27(25-18-22(5)15-16-23(25)6)28(35)32-19-24-13-11-10-12-14-24/h10-16,18,20-21,26-27H,17,19H2,1-9H3,(H,32,35)(H,33,37). The first kappa shape index (κ1) is 30.9. The van der Waals surface area contributed by atoms with Crippen LogP contribution in [0.15, 0.2) is 48.5 Å². The van der Waals surface area contributed by atoms with Gasteiger partial charge in [-0.05, 0) is 77.5 Å². The van der Waals surface area contributed by atoms with E-state index in [2.05, 4.69) is 10.6 Å². The fourth-order valence-electron chi connectivity index (χ4n) is 4.36. The first-order chi connectivity index (χ1) is 17.7. The number of hydrogen-bond acceptors (Lipinski definition) is 4. The zero-order chi connectivity index (χ0) is 28.6. The van der Waals surface area contributed by atoms with Gasteiger partial charge in [0, 0.05) is 12.6 Å². The van der Waals surface area contributed by atoms with Crippen LogP contribution >= 0.6 is 0 Å². The largest absolute Gasteiger partial charge is 0.444 e. The van der Waals surface area contributed by atoms with E-state index in [0.717, 1.165) is 22.3 Å². The second-order valence-electron chi connectivity index (χ2n) is 11.6. The van der Waals surface area contributed by atoms with Crippen LogP contribution in [0, 0.1) is 19.8 Å². The molecule has 2 atom stereocenters. The van der Waals surface area contributed by atoms with Gasteiger partial charge in [0.25, 0.3) is 0 Å². The summed E-state index contributed by atoms with van der Waals surface area (Å²) >= 11 is 0. The summed E-state index contributed by atoms with van der Waals surface area (Å²) in [6, 6.07) is 13.6. The molecule has 0 aromatic heterocycles. The Hall–Kier alpha value is -3.35. The number of ether oxygens (including phenoxy) is 1. The summed E-state index contributed by atoms with van der Waals surface area (Å²) in [5, 5.41) is 5.83. The third-order valence-electron chi connectivity index (χ3n) is 6.07. The van der Waals surface area contributed by atoms with Crippen molar-refractivity contribution < 1.29 is 19.1 Å². The zero-order valence-corrected chi connectivity index (χ0v) is 24.4. The zero-order valence-electron chi connectivity index (χ0n) is 24.4. The highest BCUT2D eigenvalue weighted by molar-refractivity contribution is 5.92. The molecule has 2 N–H and O–H groups in total. The van der Waals surface area contributed by atoms with Gasteiger partial charge in [-0.15, -0.1) is 0 Å². The van der Waals surface area contributed by atoms with Gasteiger partial charge in [-0.2, -0.15) is 0 Å². The molecular formula is C31H45N3O4. The van der Waals surface area contributed by atoms with Gasteiger partial charge in [-0.25, -0.2) is 4.79 Å². The average Bonchev–Trinajstić information content (AvgIpc) is 2.80. The van der Waals surface area contributed by atoms with E-state index in [9.17, 15) is 14.4 Å². The lowest BCUT2D eigenvalue weighted by Crippen LogP contribution is -2.55. The molecule has 2 aromatic carbocycles. The molecule has 0 saturated carbocycles. The molecule has 0 fully saturated rings. The summed E-state index contributed by atoms with van der Waals surface area (Å²) in [6.07, 6.45) is -0.246. The topological polar surface area (TPSA) is 87.7 Å². The SMILES string of the molecule is Cc1ccc(C)c(C(C(=O)NCc2ccccc2)N(C(=O)C(CC(C)C)NC(=O)OC(C)(C)C)C(C)C)c1. The second-order valence-corrected chi connectivity index (χ2v) is 11.6. The molecule has 0 saturated heterocycles. The maximum atomic E-state index is 14.2. The minimum absolute atomic E-state index is 0.124. The normalized spacial score (nSPS) is 13.1. The van der Waals surface area contributed by atoms with Crippen molar-refractivity contribution in [2.75, 3.05) is 0 Å². The van der Waals surface area contributed by atoms with Gasteiger partial charge in [0.15, 0.2) is 0 Å². The van der Waals surface area contributed by atoms with E-state index in [1.807, 2.05) is 90.1 Å². The van der Waals surface area contributed by atoms with Gasteiger partial charge in [0.2, 0.25) is 11.8 Å². The molecule has 2 aromatic rings. The number of carbonyl (C=O) groups is 3. The lowest BCUT2D eigenvalue weighted by Gasteiger charge is -2.38. The Bertz CT molecular complexity index is 1090. The summed E-state index contributed by atoms with van der Waals surface area (Å²) < 4.78 is 5.46. The monoisotopic (exact) mass is 523 g/mol. The molecule has 0 spiro atoms. The summed E-state index contributed by atoms with van der Waals surface area (Å²) in [5.41, 5.74) is 2.93. The van der Waals surface area contributed by atoms with Crippen molar-refractivity contribution in [1.29, 1.82) is 0 Å². The Balaban J connectivity index is 2.50. The minimum Gasteiger partial charge on any atom is -0.444 e. The third-order valence-corrected chi connectivity index (χ3v) is 6.07. The molecule has 0 heterocycles. The number of rotatable bonds is 10. The summed E-state index contributed by atoms with van der Waals surface area (Å²) in [7, 11) is 0. The summed E-state index contributed by atoms with van der Waals surface area (Å²) in [5.74, 6) is -0.468. The number of hydrogen-bond donors (Lipinski definition) is 2. The van der Waals surface area contributed by atoms with Crippen LogP contribution in [0.1, 0.15) is 83.2 Å². The molecule has 7 nitrogen and oxygen atoms in total. The van der Waals surface area contributed by atoms with E-state index in [1.54, 1.807) is 25.7 Å². The molecule has 0 aliphatic carbocycles. The third kappa shape index (κ3) is 9.19. The van der Waals surface area contributed by atoms with Crippen LogP contribution in [-0.4, -0.2) is 40.5 Å². The van der Waals surface area contributed by atoms with Crippen molar-refractivity contribution in [2.24, 2.45) is 5.92 Å². The van der Waals surface area contributed by atoms with Gasteiger partial charge in [-0.3, -0.25) is 9.59 Å². The maximum Gasteiger partial charge on any atom is 0.408 e. The van der Waals surface area contributed by atoms with Crippen molar-refractivity contribution in [2.45, 2.75) is 99.0 Å². The fraction of sp³-hybridized carbons (Fsp3) is 0.516. The summed E-state index contributed by atoms with van der Waals surface area (Å²) in [6.45, 7) is 17.3. The summed E-state index contributed by atoms with van der Waals surface area (Å²) in [4.78, 5) is 42.4. The van der Waals surface area contributed by atoms with Crippen molar-refractivity contribution in [3.05, 3.63) is 70.8 Å². The number of alkyl carbamates (subject to hydrolysis) is 1. The molecule has 2 rings (SSSR count). The number of carbonyl (C=O) groups excluding carboxylic acids is 3. The molecule has 38 heavy (non-hydrogen) atoms. The number of amides is 3. The Labute approximate surface area is 228 Å². The maximum absolute atomic E-state index is 14.2. The van der Waals surface area contributed by atoms with Crippen LogP contribution < -0.4 is 10.6 Å². The molecule has 0 bridgehead atoms. The fourth-order valence-corrected chi connectivity index (χ4v) is 4.36. The van der Waals surface area contributed by atoms with Gasteiger partial charge in [-0.1, -0.05) is 67.9 Å². The molecule has 7 heteroatoms. The number of aryl methyl sites for hydroxylation is 2. The Kier molecular flexibility index (Phi) is 10.9. The number of nitrogens with one attached hydrogen (secondary N) is 2. The van der Waals surface area contributed by atoms with Crippen molar-refractivity contribution in [3.8, 4) is 0 Å². The van der Waals surface area contributed by atoms with E-state index >= 15 is 0 Å². The van der Waals surface area contributed by atoms with Crippen LogP contribution in [-0.2, 0) is 20.9 Å². The van der Waals surface area contributed by atoms with Gasteiger partial charge < -0.3 is 20.3 Å². The first-order valence-corrected chi connectivity index (χ1v) is 13.4. The molecular weight excluding hydrogens is 478 g/mol. The Morgan fingerprint density at radius 3 is 2.13 bits per heavy atom. The number of nitrogens with zero attached hydrogens (tertiary/aromatic N) is 1. The van der Waals surface area contributed by atoms with Crippen LogP contribution in [0.2, 0.25) is 0 Å². The predicted molar refractivity (Wildman–Crippen MR) is 152 cm³/mol. The van der Waals surface area contributed by atoms with Crippen LogP contribution in [0.5, 0.6) is 0 Å². The minimum atomic E-state index is -0.874. The van der Waals surface area contributed by atoms with Crippen LogP contribution in [0.4, 0.5) is 4.79 Å². The highest BCUT2D eigenvalue weighted by Gasteiger charge is 2.38. The van der Waals surface area contributed by atoms with E-state index < -0.39 is 23.8 Å². The van der Waals surface area contributed by atoms with Gasteiger partial charge in [0.1, 0.15) is 17.7 Å². The molecule has 208 valence electrons. The van der Waals surface area contributed by atoms with E-state index in [1.165, 1.54) is 0 Å². The highest BCUT2D eigenvalue weighted by atomic mass is 16.6. The van der Waals surface area contributed by atoms with E-state index in [0.29, 0.717) is 13.0 Å². The quantitative estimate of drug-likeness (QED) is 0.410. The predicted octanol–water partition coefficient (Wildman–Crippen LogP) is 5.84. The highest BCUT2D eigenvalue weighted by Crippen LogP contribution is 2.29. The van der Waals surface area contributed by atoms with Gasteiger partial charge in [0.05, 0.1) is 0 Å². The molecule has 0 radical (unpaired) electrons. The van der Waals surface area contributed by atoms with Crippen molar-refractivity contribution in [3.63, 3.8) is 0 Å². The van der Waals surface area contributed by atoms with Crippen molar-refractivity contribution >= 4 is 17.9 Å². The van der Waals surface area contributed by atoms with Gasteiger partial charge >= 0.3 is 6.09 Å². The molecule has 0 aliphatic rings. The van der Waals surface area contributed by atoms with Crippen molar-refractivity contribution in [1.82, 2.24) is 15.5 Å². The number of benzene rings is 2. The Morgan fingerprint density at radius 2 is 1.58 bits per heavy atom. The van der Waals surface area contributed by atoms with E-state index in [-0.39, 0.29) is 23.8 Å². The molecule has 0 aliphatic heterocycles. The molecule has 2 unspecified atom stereocenters. The second kappa shape index (κ2) is 13.4. The smallest absolute Gasteiger partial charge is 0.408 e. The van der Waals surface area contributed by atoms with Crippen LogP contribution in [0.3, 0.4) is 0 Å². The lowest BCUT2D eigenvalue weighted by molar-refractivity contribution is -0.145. The lowest BCUT2D eigenvalue weighted by atomic mass is 9.94. The first-order valence-electron chi connectivity index (χ1n) is 13.4.